The van der Waals surface area contributed by atoms with Gasteiger partial charge in [0.2, 0.25) is 5.91 Å². The second-order valence-corrected chi connectivity index (χ2v) is 4.84. The van der Waals surface area contributed by atoms with Gasteiger partial charge in [0.25, 0.3) is 0 Å². The minimum Gasteiger partial charge on any atom is -0.480 e. The normalized spacial score (nSPS) is 18.6. The average molecular weight is 272 g/mol. The SMILES string of the molecule is COC(=O)C[C@H](NC(=O)C1(CN)CCCC1)C(=O)O. The number of aliphatic carboxylic acids is 1. The van der Waals surface area contributed by atoms with E-state index >= 15 is 0 Å². The van der Waals surface area contributed by atoms with Gasteiger partial charge < -0.3 is 20.9 Å². The number of rotatable bonds is 6. The molecule has 7 heteroatoms. The first-order chi connectivity index (χ1) is 8.95. The fraction of sp³-hybridized carbons (Fsp3) is 0.750. The van der Waals surface area contributed by atoms with Gasteiger partial charge in [0, 0.05) is 6.54 Å². The maximum absolute atomic E-state index is 12.2. The van der Waals surface area contributed by atoms with E-state index in [1.54, 1.807) is 0 Å². The Labute approximate surface area is 111 Å². The number of carboxylic acid groups (broad SMARTS) is 1. The minimum absolute atomic E-state index is 0.184. The van der Waals surface area contributed by atoms with Gasteiger partial charge in [0.15, 0.2) is 0 Å². The topological polar surface area (TPSA) is 119 Å². The van der Waals surface area contributed by atoms with Crippen LogP contribution in [0.2, 0.25) is 0 Å². The van der Waals surface area contributed by atoms with Crippen LogP contribution in [0.4, 0.5) is 0 Å². The third-order valence-electron chi connectivity index (χ3n) is 3.63. The van der Waals surface area contributed by atoms with Crippen molar-refractivity contribution in [1.82, 2.24) is 5.32 Å². The molecule has 1 aliphatic rings. The van der Waals surface area contributed by atoms with Gasteiger partial charge in [-0.05, 0) is 12.8 Å². The Morgan fingerprint density at radius 1 is 1.37 bits per heavy atom. The van der Waals surface area contributed by atoms with Crippen molar-refractivity contribution in [2.24, 2.45) is 11.1 Å². The molecule has 0 bridgehead atoms. The summed E-state index contributed by atoms with van der Waals surface area (Å²) >= 11 is 0. The standard InChI is InChI=1S/C12H20N2O5/c1-19-9(15)6-8(10(16)17)14-11(18)12(7-13)4-2-3-5-12/h8H,2-7,13H2,1H3,(H,14,18)(H,16,17)/t8-/m0/s1. The van der Waals surface area contributed by atoms with Crippen molar-refractivity contribution in [3.05, 3.63) is 0 Å². The number of carbonyl (C=O) groups is 3. The molecule has 1 rings (SSSR count). The lowest BCUT2D eigenvalue weighted by Gasteiger charge is -2.27. The first-order valence-electron chi connectivity index (χ1n) is 6.26. The molecule has 0 aliphatic heterocycles. The molecule has 1 saturated carbocycles. The maximum Gasteiger partial charge on any atom is 0.326 e. The quantitative estimate of drug-likeness (QED) is 0.568. The third-order valence-corrected chi connectivity index (χ3v) is 3.63. The number of hydrogen-bond donors (Lipinski definition) is 3. The number of amides is 1. The second kappa shape index (κ2) is 6.51. The highest BCUT2D eigenvalue weighted by Crippen LogP contribution is 2.37. The van der Waals surface area contributed by atoms with Gasteiger partial charge in [-0.25, -0.2) is 4.79 Å². The van der Waals surface area contributed by atoms with E-state index in [-0.39, 0.29) is 12.5 Å². The van der Waals surface area contributed by atoms with Gasteiger partial charge in [-0.1, -0.05) is 12.8 Å². The molecule has 19 heavy (non-hydrogen) atoms. The monoisotopic (exact) mass is 272 g/mol. The van der Waals surface area contributed by atoms with Crippen molar-refractivity contribution in [2.45, 2.75) is 38.1 Å². The van der Waals surface area contributed by atoms with Crippen molar-refractivity contribution in [3.8, 4) is 0 Å². The molecule has 1 atom stereocenters. The molecule has 0 aromatic heterocycles. The smallest absolute Gasteiger partial charge is 0.326 e. The van der Waals surface area contributed by atoms with Crippen molar-refractivity contribution in [3.63, 3.8) is 0 Å². The lowest BCUT2D eigenvalue weighted by atomic mass is 9.85. The Hall–Kier alpha value is -1.63. The number of carbonyl (C=O) groups excluding carboxylic acids is 2. The molecule has 0 heterocycles. The van der Waals surface area contributed by atoms with Crippen molar-refractivity contribution >= 4 is 17.8 Å². The van der Waals surface area contributed by atoms with Gasteiger partial charge in [0.1, 0.15) is 6.04 Å². The van der Waals surface area contributed by atoms with Crippen LogP contribution >= 0.6 is 0 Å². The average Bonchev–Trinajstić information content (AvgIpc) is 2.87. The van der Waals surface area contributed by atoms with Gasteiger partial charge in [-0.15, -0.1) is 0 Å². The molecule has 4 N–H and O–H groups in total. The van der Waals surface area contributed by atoms with E-state index < -0.39 is 29.8 Å². The van der Waals surface area contributed by atoms with Gasteiger partial charge in [0.05, 0.1) is 18.9 Å². The van der Waals surface area contributed by atoms with E-state index in [0.29, 0.717) is 12.8 Å². The molecule has 0 aromatic rings. The number of ether oxygens (including phenoxy) is 1. The van der Waals surface area contributed by atoms with E-state index in [1.165, 1.54) is 7.11 Å². The molecular formula is C12H20N2O5. The second-order valence-electron chi connectivity index (χ2n) is 4.84. The Morgan fingerprint density at radius 2 is 1.95 bits per heavy atom. The fourth-order valence-corrected chi connectivity index (χ4v) is 2.34. The van der Waals surface area contributed by atoms with Crippen LogP contribution in [-0.4, -0.2) is 42.6 Å². The zero-order chi connectivity index (χ0) is 14.5. The van der Waals surface area contributed by atoms with E-state index in [0.717, 1.165) is 12.8 Å². The summed E-state index contributed by atoms with van der Waals surface area (Å²) in [5, 5.41) is 11.4. The van der Waals surface area contributed by atoms with Crippen LogP contribution in [0, 0.1) is 5.41 Å². The highest BCUT2D eigenvalue weighted by atomic mass is 16.5. The molecule has 108 valence electrons. The zero-order valence-corrected chi connectivity index (χ0v) is 11.0. The predicted molar refractivity (Wildman–Crippen MR) is 66.2 cm³/mol. The minimum atomic E-state index is -1.27. The number of hydrogen-bond acceptors (Lipinski definition) is 5. The summed E-state index contributed by atoms with van der Waals surface area (Å²) in [6.07, 6.45) is 2.72. The Kier molecular flexibility index (Phi) is 5.29. The first-order valence-corrected chi connectivity index (χ1v) is 6.26. The first kappa shape index (κ1) is 15.4. The highest BCUT2D eigenvalue weighted by molar-refractivity contribution is 5.90. The summed E-state index contributed by atoms with van der Waals surface area (Å²) in [6.45, 7) is 0.184. The molecule has 0 saturated heterocycles. The van der Waals surface area contributed by atoms with E-state index in [4.69, 9.17) is 10.8 Å². The van der Waals surface area contributed by atoms with Crippen LogP contribution in [-0.2, 0) is 19.1 Å². The molecule has 0 aromatic carbocycles. The van der Waals surface area contributed by atoms with Crippen LogP contribution in [0.25, 0.3) is 0 Å². The summed E-state index contributed by atoms with van der Waals surface area (Å²) in [5.74, 6) is -2.33. The molecule has 1 fully saturated rings. The van der Waals surface area contributed by atoms with Gasteiger partial charge in [-0.2, -0.15) is 0 Å². The van der Waals surface area contributed by atoms with Crippen LogP contribution in [0.3, 0.4) is 0 Å². The summed E-state index contributed by atoms with van der Waals surface area (Å²) in [5.41, 5.74) is 4.96. The maximum atomic E-state index is 12.2. The predicted octanol–water partition coefficient (Wildman–Crippen LogP) is -0.362. The van der Waals surface area contributed by atoms with Crippen molar-refractivity contribution in [2.75, 3.05) is 13.7 Å². The van der Waals surface area contributed by atoms with Crippen molar-refractivity contribution < 1.29 is 24.2 Å². The summed E-state index contributed by atoms with van der Waals surface area (Å²) in [4.78, 5) is 34.3. The largest absolute Gasteiger partial charge is 0.480 e. The van der Waals surface area contributed by atoms with E-state index in [9.17, 15) is 14.4 Å². The number of methoxy groups -OCH3 is 1. The summed E-state index contributed by atoms with van der Waals surface area (Å²) in [6, 6.07) is -1.27. The Balaban J connectivity index is 2.70. The van der Waals surface area contributed by atoms with Gasteiger partial charge >= 0.3 is 11.9 Å². The van der Waals surface area contributed by atoms with Gasteiger partial charge in [-0.3, -0.25) is 9.59 Å². The Morgan fingerprint density at radius 3 is 2.37 bits per heavy atom. The van der Waals surface area contributed by atoms with Crippen LogP contribution in [0.5, 0.6) is 0 Å². The molecule has 1 aliphatic carbocycles. The zero-order valence-electron chi connectivity index (χ0n) is 11.0. The number of nitrogens with one attached hydrogen (secondary N) is 1. The molecule has 0 unspecified atom stereocenters. The third kappa shape index (κ3) is 3.66. The molecule has 1 amide bonds. The lowest BCUT2D eigenvalue weighted by molar-refractivity contribution is -0.149. The number of esters is 1. The highest BCUT2D eigenvalue weighted by Gasteiger charge is 2.41. The Bertz CT molecular complexity index is 363. The fourth-order valence-electron chi connectivity index (χ4n) is 2.34. The van der Waals surface area contributed by atoms with E-state index in [1.807, 2.05) is 0 Å². The molecular weight excluding hydrogens is 252 g/mol. The lowest BCUT2D eigenvalue weighted by Crippen LogP contribution is -2.51. The van der Waals surface area contributed by atoms with Crippen molar-refractivity contribution in [1.29, 1.82) is 0 Å². The summed E-state index contributed by atoms with van der Waals surface area (Å²) in [7, 11) is 1.17. The molecule has 0 radical (unpaired) electrons. The van der Waals surface area contributed by atoms with Crippen LogP contribution < -0.4 is 11.1 Å². The summed E-state index contributed by atoms with van der Waals surface area (Å²) < 4.78 is 4.41. The van der Waals surface area contributed by atoms with Crippen LogP contribution in [0.15, 0.2) is 0 Å². The van der Waals surface area contributed by atoms with E-state index in [2.05, 4.69) is 10.1 Å². The molecule has 0 spiro atoms. The number of carboxylic acids is 1. The van der Waals surface area contributed by atoms with Crippen LogP contribution in [0.1, 0.15) is 32.1 Å². The number of nitrogens with two attached hydrogens (primary N) is 1. The molecule has 7 nitrogen and oxygen atoms in total.